The van der Waals surface area contributed by atoms with Gasteiger partial charge in [0.15, 0.2) is 0 Å². The molecule has 1 aromatic carbocycles. The van der Waals surface area contributed by atoms with E-state index in [2.05, 4.69) is 31.9 Å². The van der Waals surface area contributed by atoms with Crippen molar-refractivity contribution < 1.29 is 5.11 Å². The van der Waals surface area contributed by atoms with E-state index in [9.17, 15) is 5.11 Å². The Balaban J connectivity index is 2.95. The van der Waals surface area contributed by atoms with Gasteiger partial charge in [-0.2, -0.15) is 0 Å². The van der Waals surface area contributed by atoms with Gasteiger partial charge >= 0.3 is 0 Å². The Hall–Kier alpha value is -0.100. The third kappa shape index (κ3) is 3.45. The first-order chi connectivity index (χ1) is 6.91. The first-order valence-corrected chi connectivity index (χ1v) is 6.07. The minimum atomic E-state index is -0.506. The largest absolute Gasteiger partial charge is 0.397 e. The number of hydrogen-bond acceptors (Lipinski definition) is 3. The minimum Gasteiger partial charge on any atom is -0.397 e. The van der Waals surface area contributed by atoms with Crippen molar-refractivity contribution in [1.82, 2.24) is 4.90 Å². The van der Waals surface area contributed by atoms with Gasteiger partial charge in [0, 0.05) is 15.5 Å². The standard InChI is InChI=1S/C10H14Br2N2O/c1-14(2)5-9(15)6-3-7(11)10(13)8(12)4-6/h3-4,9,15H,5,13H2,1-2H3. The van der Waals surface area contributed by atoms with Crippen molar-refractivity contribution >= 4 is 37.5 Å². The van der Waals surface area contributed by atoms with Crippen LogP contribution >= 0.6 is 31.9 Å². The highest BCUT2D eigenvalue weighted by Gasteiger charge is 2.12. The molecule has 0 bridgehead atoms. The minimum absolute atomic E-state index is 0.506. The topological polar surface area (TPSA) is 49.5 Å². The molecule has 3 nitrogen and oxygen atoms in total. The van der Waals surface area contributed by atoms with Crippen LogP contribution in [-0.2, 0) is 0 Å². The van der Waals surface area contributed by atoms with Gasteiger partial charge in [-0.25, -0.2) is 0 Å². The fourth-order valence-electron chi connectivity index (χ4n) is 1.25. The van der Waals surface area contributed by atoms with Crippen molar-refractivity contribution in [2.45, 2.75) is 6.10 Å². The number of benzene rings is 1. The van der Waals surface area contributed by atoms with Crippen LogP contribution < -0.4 is 5.73 Å². The Bertz CT molecular complexity index is 332. The van der Waals surface area contributed by atoms with Crippen molar-refractivity contribution in [2.24, 2.45) is 0 Å². The molecule has 0 radical (unpaired) electrons. The molecule has 0 amide bonds. The molecule has 0 spiro atoms. The molecule has 1 unspecified atom stereocenters. The number of aliphatic hydroxyl groups excluding tert-OH is 1. The monoisotopic (exact) mass is 336 g/mol. The van der Waals surface area contributed by atoms with Crippen LogP contribution in [0.15, 0.2) is 21.1 Å². The highest BCUT2D eigenvalue weighted by Crippen LogP contribution is 2.31. The van der Waals surface area contributed by atoms with E-state index in [1.165, 1.54) is 0 Å². The van der Waals surface area contributed by atoms with Crippen LogP contribution in [-0.4, -0.2) is 30.6 Å². The molecule has 0 aromatic heterocycles. The number of nitrogens with two attached hydrogens (primary N) is 1. The second-order valence-corrected chi connectivity index (χ2v) is 5.38. The van der Waals surface area contributed by atoms with Gasteiger partial charge in [-0.1, -0.05) is 0 Å². The molecule has 0 heterocycles. The highest BCUT2D eigenvalue weighted by atomic mass is 79.9. The molecule has 1 atom stereocenters. The van der Waals surface area contributed by atoms with Crippen LogP contribution in [0.1, 0.15) is 11.7 Å². The van der Waals surface area contributed by atoms with Crippen LogP contribution in [0.3, 0.4) is 0 Å². The summed E-state index contributed by atoms with van der Waals surface area (Å²) in [5, 5.41) is 9.91. The normalized spacial score (nSPS) is 13.2. The van der Waals surface area contributed by atoms with Crippen molar-refractivity contribution in [3.05, 3.63) is 26.6 Å². The van der Waals surface area contributed by atoms with Gasteiger partial charge in [-0.05, 0) is 63.7 Å². The van der Waals surface area contributed by atoms with Gasteiger partial charge in [-0.15, -0.1) is 0 Å². The highest BCUT2D eigenvalue weighted by molar-refractivity contribution is 9.11. The van der Waals surface area contributed by atoms with Crippen molar-refractivity contribution in [3.63, 3.8) is 0 Å². The lowest BCUT2D eigenvalue weighted by molar-refractivity contribution is 0.138. The van der Waals surface area contributed by atoms with Crippen LogP contribution in [0, 0.1) is 0 Å². The Labute approximate surface area is 107 Å². The van der Waals surface area contributed by atoms with E-state index >= 15 is 0 Å². The van der Waals surface area contributed by atoms with Gasteiger partial charge in [-0.3, -0.25) is 0 Å². The SMILES string of the molecule is CN(C)CC(O)c1cc(Br)c(N)c(Br)c1. The lowest BCUT2D eigenvalue weighted by atomic mass is 10.1. The number of anilines is 1. The number of rotatable bonds is 3. The predicted octanol–water partition coefficient (Wildman–Crippen LogP) is 2.39. The quantitative estimate of drug-likeness (QED) is 0.833. The summed E-state index contributed by atoms with van der Waals surface area (Å²) in [6.07, 6.45) is -0.506. The van der Waals surface area contributed by atoms with Crippen LogP contribution in [0.4, 0.5) is 5.69 Å². The van der Waals surface area contributed by atoms with E-state index in [1.54, 1.807) is 0 Å². The number of likely N-dealkylation sites (N-methyl/N-ethyl adjacent to an activating group) is 1. The smallest absolute Gasteiger partial charge is 0.0917 e. The van der Waals surface area contributed by atoms with Gasteiger partial charge in [0.2, 0.25) is 0 Å². The van der Waals surface area contributed by atoms with Gasteiger partial charge in [0.05, 0.1) is 11.8 Å². The second-order valence-electron chi connectivity index (χ2n) is 3.68. The molecule has 0 aliphatic carbocycles. The van der Waals surface area contributed by atoms with Crippen molar-refractivity contribution in [3.8, 4) is 0 Å². The molecule has 0 aliphatic rings. The zero-order valence-electron chi connectivity index (χ0n) is 8.67. The summed E-state index contributed by atoms with van der Waals surface area (Å²) in [6, 6.07) is 3.68. The average Bonchev–Trinajstić information content (AvgIpc) is 2.12. The molecular weight excluding hydrogens is 324 g/mol. The number of aliphatic hydroxyl groups is 1. The Morgan fingerprint density at radius 3 is 2.20 bits per heavy atom. The molecule has 0 aliphatic heterocycles. The predicted molar refractivity (Wildman–Crippen MR) is 69.8 cm³/mol. The fraction of sp³-hybridized carbons (Fsp3) is 0.400. The average molecular weight is 338 g/mol. The molecular formula is C10H14Br2N2O. The molecule has 84 valence electrons. The van der Waals surface area contributed by atoms with Crippen LogP contribution in [0.2, 0.25) is 0 Å². The molecule has 1 rings (SSSR count). The zero-order valence-corrected chi connectivity index (χ0v) is 11.8. The first kappa shape index (κ1) is 13.0. The van der Waals surface area contributed by atoms with Crippen molar-refractivity contribution in [1.29, 1.82) is 0 Å². The lowest BCUT2D eigenvalue weighted by Crippen LogP contribution is -2.20. The second kappa shape index (κ2) is 5.30. The Morgan fingerprint density at radius 1 is 1.33 bits per heavy atom. The summed E-state index contributed by atoms with van der Waals surface area (Å²) in [5.74, 6) is 0. The number of nitrogen functional groups attached to an aromatic ring is 1. The summed E-state index contributed by atoms with van der Waals surface area (Å²) in [5.41, 5.74) is 7.26. The molecule has 0 fully saturated rings. The maximum Gasteiger partial charge on any atom is 0.0917 e. The maximum atomic E-state index is 9.91. The van der Waals surface area contributed by atoms with E-state index in [1.807, 2.05) is 31.1 Å². The Kier molecular flexibility index (Phi) is 4.58. The third-order valence-electron chi connectivity index (χ3n) is 2.02. The summed E-state index contributed by atoms with van der Waals surface area (Å²) in [7, 11) is 3.84. The summed E-state index contributed by atoms with van der Waals surface area (Å²) in [4.78, 5) is 1.93. The van der Waals surface area contributed by atoms with Gasteiger partial charge in [0.25, 0.3) is 0 Å². The third-order valence-corrected chi connectivity index (χ3v) is 3.34. The maximum absolute atomic E-state index is 9.91. The summed E-state index contributed by atoms with van der Waals surface area (Å²) >= 11 is 6.70. The molecule has 15 heavy (non-hydrogen) atoms. The van der Waals surface area contributed by atoms with E-state index < -0.39 is 6.10 Å². The van der Waals surface area contributed by atoms with Gasteiger partial charge < -0.3 is 15.7 Å². The van der Waals surface area contributed by atoms with Gasteiger partial charge in [0.1, 0.15) is 0 Å². The van der Waals surface area contributed by atoms with E-state index in [0.29, 0.717) is 12.2 Å². The summed E-state index contributed by atoms with van der Waals surface area (Å²) in [6.45, 7) is 0.586. The molecule has 5 heteroatoms. The molecule has 0 saturated carbocycles. The molecule has 0 saturated heterocycles. The summed E-state index contributed by atoms with van der Waals surface area (Å²) < 4.78 is 1.59. The van der Waals surface area contributed by atoms with Crippen molar-refractivity contribution in [2.75, 3.05) is 26.4 Å². The van der Waals surface area contributed by atoms with E-state index in [0.717, 1.165) is 14.5 Å². The van der Waals surface area contributed by atoms with Crippen LogP contribution in [0.25, 0.3) is 0 Å². The lowest BCUT2D eigenvalue weighted by Gasteiger charge is -2.17. The fourth-order valence-corrected chi connectivity index (χ4v) is 2.47. The first-order valence-electron chi connectivity index (χ1n) is 4.49. The Morgan fingerprint density at radius 2 is 1.80 bits per heavy atom. The zero-order chi connectivity index (χ0) is 11.6. The van der Waals surface area contributed by atoms with E-state index in [-0.39, 0.29) is 0 Å². The number of hydrogen-bond donors (Lipinski definition) is 2. The van der Waals surface area contributed by atoms with E-state index in [4.69, 9.17) is 5.73 Å². The van der Waals surface area contributed by atoms with Crippen LogP contribution in [0.5, 0.6) is 0 Å². The molecule has 1 aromatic rings. The number of nitrogens with zero attached hydrogens (tertiary/aromatic N) is 1. The number of halogens is 2. The molecule has 3 N–H and O–H groups in total.